The van der Waals surface area contributed by atoms with Crippen LogP contribution in [0.4, 0.5) is 0 Å². The maximum Gasteiger partial charge on any atom is 0.0965 e. The van der Waals surface area contributed by atoms with Crippen molar-refractivity contribution in [2.24, 2.45) is 5.73 Å². The molecule has 0 aliphatic carbocycles. The van der Waals surface area contributed by atoms with Gasteiger partial charge in [-0.25, -0.2) is 0 Å². The molecule has 0 aliphatic rings. The van der Waals surface area contributed by atoms with E-state index in [0.717, 1.165) is 10.0 Å². The zero-order chi connectivity index (χ0) is 9.84. The maximum atomic E-state index is 8.62. The van der Waals surface area contributed by atoms with Crippen molar-refractivity contribution in [1.29, 1.82) is 5.26 Å². The Morgan fingerprint density at radius 3 is 2.38 bits per heavy atom. The summed E-state index contributed by atoms with van der Waals surface area (Å²) in [7, 11) is 0. The average Bonchev–Trinajstić information content (AvgIpc) is 2.17. The highest BCUT2D eigenvalue weighted by atomic mass is 79.9. The molecule has 0 bridgehead atoms. The van der Waals surface area contributed by atoms with Crippen LogP contribution < -0.4 is 5.73 Å². The molecule has 1 aromatic rings. The summed E-state index contributed by atoms with van der Waals surface area (Å²) in [6.07, 6.45) is 0. The van der Waals surface area contributed by atoms with Crippen LogP contribution in [0.2, 0.25) is 0 Å². The Morgan fingerprint density at radius 1 is 1.38 bits per heavy atom. The molecule has 0 unspecified atom stereocenters. The molecular weight excluding hydrogens is 228 g/mol. The van der Waals surface area contributed by atoms with Gasteiger partial charge in [0.25, 0.3) is 0 Å². The predicted molar refractivity (Wildman–Crippen MR) is 56.5 cm³/mol. The van der Waals surface area contributed by atoms with E-state index in [-0.39, 0.29) is 0 Å². The summed E-state index contributed by atoms with van der Waals surface area (Å²) in [6.45, 7) is 1.71. The third kappa shape index (κ3) is 2.33. The van der Waals surface area contributed by atoms with Crippen LogP contribution in [-0.2, 0) is 0 Å². The van der Waals surface area contributed by atoms with Gasteiger partial charge in [0.1, 0.15) is 0 Å². The van der Waals surface area contributed by atoms with Crippen molar-refractivity contribution in [3.8, 4) is 6.07 Å². The third-order valence-corrected chi connectivity index (χ3v) is 2.26. The molecule has 2 nitrogen and oxygen atoms in total. The fourth-order valence-corrected chi connectivity index (χ4v) is 1.17. The highest BCUT2D eigenvalue weighted by molar-refractivity contribution is 9.10. The molecule has 0 amide bonds. The molecule has 2 N–H and O–H groups in total. The van der Waals surface area contributed by atoms with Crippen molar-refractivity contribution >= 4 is 21.6 Å². The second kappa shape index (κ2) is 4.11. The number of nitriles is 1. The molecule has 0 atom stereocenters. The summed E-state index contributed by atoms with van der Waals surface area (Å²) in [5.74, 6) is 0. The van der Waals surface area contributed by atoms with E-state index in [1.807, 2.05) is 30.3 Å². The van der Waals surface area contributed by atoms with Crippen molar-refractivity contribution in [1.82, 2.24) is 0 Å². The first kappa shape index (κ1) is 9.82. The number of rotatable bonds is 1. The molecule has 0 aliphatic heterocycles. The highest BCUT2D eigenvalue weighted by Crippen LogP contribution is 2.16. The summed E-state index contributed by atoms with van der Waals surface area (Å²) in [6, 6.07) is 9.56. The van der Waals surface area contributed by atoms with Crippen LogP contribution in [0.25, 0.3) is 5.70 Å². The van der Waals surface area contributed by atoms with E-state index in [1.165, 1.54) is 0 Å². The number of benzene rings is 1. The Kier molecular flexibility index (Phi) is 3.10. The van der Waals surface area contributed by atoms with Gasteiger partial charge in [0, 0.05) is 10.0 Å². The molecule has 0 saturated heterocycles. The van der Waals surface area contributed by atoms with Gasteiger partial charge >= 0.3 is 0 Å². The molecule has 1 rings (SSSR count). The van der Waals surface area contributed by atoms with Crippen LogP contribution in [0.1, 0.15) is 12.5 Å². The van der Waals surface area contributed by atoms with E-state index in [2.05, 4.69) is 15.9 Å². The summed E-state index contributed by atoms with van der Waals surface area (Å²) < 4.78 is 0.999. The zero-order valence-corrected chi connectivity index (χ0v) is 8.80. The molecule has 0 radical (unpaired) electrons. The van der Waals surface area contributed by atoms with Gasteiger partial charge < -0.3 is 5.73 Å². The fourth-order valence-electron chi connectivity index (χ4n) is 0.906. The largest absolute Gasteiger partial charge is 0.397 e. The molecule has 66 valence electrons. The van der Waals surface area contributed by atoms with E-state index in [0.29, 0.717) is 11.3 Å². The topological polar surface area (TPSA) is 49.8 Å². The minimum absolute atomic E-state index is 0.537. The third-order valence-electron chi connectivity index (χ3n) is 1.73. The Labute approximate surface area is 85.8 Å². The smallest absolute Gasteiger partial charge is 0.0965 e. The van der Waals surface area contributed by atoms with Crippen LogP contribution in [0.15, 0.2) is 34.3 Å². The molecule has 0 saturated carbocycles. The number of nitrogens with zero attached hydrogens (tertiary/aromatic N) is 1. The first-order chi connectivity index (χ1) is 6.15. The van der Waals surface area contributed by atoms with Gasteiger partial charge in [-0.1, -0.05) is 28.1 Å². The Morgan fingerprint density at radius 2 is 1.92 bits per heavy atom. The van der Waals surface area contributed by atoms with Gasteiger partial charge in [0.15, 0.2) is 0 Å². The number of halogens is 1. The summed E-state index contributed by atoms with van der Waals surface area (Å²) in [5, 5.41) is 8.62. The zero-order valence-electron chi connectivity index (χ0n) is 7.21. The summed E-state index contributed by atoms with van der Waals surface area (Å²) in [5.41, 5.74) is 7.70. The van der Waals surface area contributed by atoms with E-state index in [1.54, 1.807) is 6.92 Å². The van der Waals surface area contributed by atoms with Crippen LogP contribution in [0.3, 0.4) is 0 Å². The lowest BCUT2D eigenvalue weighted by molar-refractivity contribution is 1.39. The Bertz CT molecular complexity index is 371. The quantitative estimate of drug-likeness (QED) is 0.763. The second-order valence-corrected chi connectivity index (χ2v) is 3.57. The van der Waals surface area contributed by atoms with Gasteiger partial charge in [-0.2, -0.15) is 5.26 Å². The molecule has 1 aromatic carbocycles. The summed E-state index contributed by atoms with van der Waals surface area (Å²) in [4.78, 5) is 0. The minimum atomic E-state index is 0.537. The van der Waals surface area contributed by atoms with Crippen molar-refractivity contribution in [3.63, 3.8) is 0 Å². The fraction of sp³-hybridized carbons (Fsp3) is 0.100. The number of allylic oxidation sites excluding steroid dienone is 1. The van der Waals surface area contributed by atoms with Gasteiger partial charge in [-0.15, -0.1) is 0 Å². The van der Waals surface area contributed by atoms with Crippen molar-refractivity contribution < 1.29 is 0 Å². The first-order valence-corrected chi connectivity index (χ1v) is 4.57. The Balaban J connectivity index is 3.12. The predicted octanol–water partition coefficient (Wildman–Crippen LogP) is 2.66. The van der Waals surface area contributed by atoms with E-state index in [4.69, 9.17) is 11.0 Å². The molecule has 0 fully saturated rings. The lowest BCUT2D eigenvalue weighted by Gasteiger charge is -2.01. The normalized spacial score (nSPS) is 11.8. The molecule has 3 heteroatoms. The van der Waals surface area contributed by atoms with Gasteiger partial charge in [-0.3, -0.25) is 0 Å². The van der Waals surface area contributed by atoms with Crippen molar-refractivity contribution in [2.75, 3.05) is 0 Å². The SMILES string of the molecule is C/C(C#N)=C(\N)c1ccc(Br)cc1. The maximum absolute atomic E-state index is 8.62. The van der Waals surface area contributed by atoms with Gasteiger partial charge in [0.05, 0.1) is 11.8 Å². The highest BCUT2D eigenvalue weighted by Gasteiger charge is 1.99. The van der Waals surface area contributed by atoms with Crippen molar-refractivity contribution in [2.45, 2.75) is 6.92 Å². The van der Waals surface area contributed by atoms with Crippen LogP contribution in [0.5, 0.6) is 0 Å². The number of hydrogen-bond acceptors (Lipinski definition) is 2. The van der Waals surface area contributed by atoms with Gasteiger partial charge in [-0.05, 0) is 24.6 Å². The van der Waals surface area contributed by atoms with Crippen LogP contribution >= 0.6 is 15.9 Å². The lowest BCUT2D eigenvalue weighted by Crippen LogP contribution is -1.98. The summed E-state index contributed by atoms with van der Waals surface area (Å²) >= 11 is 3.33. The molecule has 13 heavy (non-hydrogen) atoms. The monoisotopic (exact) mass is 236 g/mol. The van der Waals surface area contributed by atoms with Crippen LogP contribution in [0, 0.1) is 11.3 Å². The second-order valence-electron chi connectivity index (χ2n) is 2.66. The van der Waals surface area contributed by atoms with E-state index < -0.39 is 0 Å². The van der Waals surface area contributed by atoms with Crippen molar-refractivity contribution in [3.05, 3.63) is 39.9 Å². The average molecular weight is 237 g/mol. The van der Waals surface area contributed by atoms with E-state index >= 15 is 0 Å². The van der Waals surface area contributed by atoms with E-state index in [9.17, 15) is 0 Å². The molecule has 0 spiro atoms. The molecular formula is C10H9BrN2. The minimum Gasteiger partial charge on any atom is -0.397 e. The molecule has 0 heterocycles. The standard InChI is InChI=1S/C10H9BrN2/c1-7(6-12)10(13)8-2-4-9(11)5-3-8/h2-5H,13H2,1H3/b10-7+. The Hall–Kier alpha value is -1.27. The first-order valence-electron chi connectivity index (χ1n) is 3.77. The van der Waals surface area contributed by atoms with Crippen LogP contribution in [-0.4, -0.2) is 0 Å². The van der Waals surface area contributed by atoms with Gasteiger partial charge in [0.2, 0.25) is 0 Å². The lowest BCUT2D eigenvalue weighted by atomic mass is 10.1. The molecule has 0 aromatic heterocycles. The number of hydrogen-bond donors (Lipinski definition) is 1. The number of nitrogens with two attached hydrogens (primary N) is 1.